The molecule has 1 aliphatic rings. The van der Waals surface area contributed by atoms with Crippen molar-refractivity contribution in [2.45, 2.75) is 0 Å². The van der Waals surface area contributed by atoms with Gasteiger partial charge in [0.1, 0.15) is 11.6 Å². The maximum atomic E-state index is 6.16. The number of aliphatic imine (C=N–C) groups is 2. The second-order valence-electron chi connectivity index (χ2n) is 5.65. The van der Waals surface area contributed by atoms with E-state index in [1.165, 1.54) is 0 Å². The number of halogens is 1. The highest BCUT2D eigenvalue weighted by atomic mass is 35.5. The first kappa shape index (κ1) is 16.3. The molecule has 0 saturated carbocycles. The van der Waals surface area contributed by atoms with E-state index in [2.05, 4.69) is 10.3 Å². The van der Waals surface area contributed by atoms with Gasteiger partial charge in [-0.2, -0.15) is 0 Å². The molecule has 128 valence electrons. The van der Waals surface area contributed by atoms with Gasteiger partial charge >= 0.3 is 0 Å². The smallest absolute Gasteiger partial charge is 0.162 e. The number of fused-ring (bicyclic) bond motifs is 1. The molecule has 1 aliphatic heterocycles. The molecule has 1 N–H and O–H groups in total. The number of benzene rings is 2. The number of methoxy groups -OCH3 is 1. The Labute approximate surface area is 156 Å². The zero-order valence-electron chi connectivity index (χ0n) is 14.0. The number of nitrogens with one attached hydrogen (secondary N) is 1. The van der Waals surface area contributed by atoms with Crippen molar-refractivity contribution in [3.05, 3.63) is 83.1 Å². The van der Waals surface area contributed by atoms with Gasteiger partial charge in [-0.05, 0) is 54.6 Å². The van der Waals surface area contributed by atoms with E-state index >= 15 is 0 Å². The number of ether oxygens (including phenoxy) is 1. The van der Waals surface area contributed by atoms with E-state index < -0.39 is 0 Å². The molecule has 0 spiro atoms. The van der Waals surface area contributed by atoms with Crippen molar-refractivity contribution in [2.24, 2.45) is 9.98 Å². The summed E-state index contributed by atoms with van der Waals surface area (Å²) in [5, 5.41) is 3.95. The lowest BCUT2D eigenvalue weighted by Crippen LogP contribution is -2.15. The summed E-state index contributed by atoms with van der Waals surface area (Å²) in [4.78, 5) is 13.7. The molecule has 1 aromatic heterocycles. The van der Waals surface area contributed by atoms with Gasteiger partial charge in [-0.15, -0.1) is 0 Å². The summed E-state index contributed by atoms with van der Waals surface area (Å²) in [5.41, 5.74) is 3.31. The van der Waals surface area contributed by atoms with Crippen molar-refractivity contribution in [3.8, 4) is 5.75 Å². The summed E-state index contributed by atoms with van der Waals surface area (Å²) < 4.78 is 5.23. The van der Waals surface area contributed by atoms with Gasteiger partial charge in [0.05, 0.1) is 18.5 Å². The van der Waals surface area contributed by atoms with Gasteiger partial charge in [-0.3, -0.25) is 4.98 Å². The van der Waals surface area contributed by atoms with Crippen LogP contribution in [0.4, 0.5) is 11.4 Å². The number of aromatic nitrogens is 1. The highest BCUT2D eigenvalue weighted by Gasteiger charge is 2.16. The summed E-state index contributed by atoms with van der Waals surface area (Å²) in [7, 11) is 1.64. The fraction of sp³-hybridized carbons (Fsp3) is 0.0500. The number of nitrogens with zero attached hydrogens (tertiary/aromatic N) is 3. The topological polar surface area (TPSA) is 58.9 Å². The third kappa shape index (κ3) is 3.30. The van der Waals surface area contributed by atoms with Crippen LogP contribution in [0.1, 0.15) is 11.1 Å². The number of rotatable bonds is 3. The lowest BCUT2D eigenvalue weighted by atomic mass is 10.2. The predicted molar refractivity (Wildman–Crippen MR) is 105 cm³/mol. The van der Waals surface area contributed by atoms with E-state index in [0.717, 1.165) is 28.3 Å². The third-order valence-electron chi connectivity index (χ3n) is 3.94. The van der Waals surface area contributed by atoms with Crippen molar-refractivity contribution in [1.82, 2.24) is 4.98 Å². The Balaban J connectivity index is 1.86. The van der Waals surface area contributed by atoms with Crippen LogP contribution in [0.2, 0.25) is 5.02 Å². The predicted octanol–water partition coefficient (Wildman–Crippen LogP) is 4.69. The minimum absolute atomic E-state index is 0.597. The molecule has 5 nitrogen and oxygen atoms in total. The molecule has 0 radical (unpaired) electrons. The van der Waals surface area contributed by atoms with Gasteiger partial charge < -0.3 is 10.1 Å². The summed E-state index contributed by atoms with van der Waals surface area (Å²) >= 11 is 6.16. The Bertz CT molecular complexity index is 998. The lowest BCUT2D eigenvalue weighted by molar-refractivity contribution is 0.415. The van der Waals surface area contributed by atoms with Gasteiger partial charge in [0.15, 0.2) is 5.84 Å². The maximum absolute atomic E-state index is 6.16. The van der Waals surface area contributed by atoms with E-state index in [0.29, 0.717) is 16.7 Å². The minimum Gasteiger partial charge on any atom is -0.497 e. The molecular weight excluding hydrogens is 348 g/mol. The van der Waals surface area contributed by atoms with Crippen LogP contribution < -0.4 is 10.1 Å². The molecular formula is C20H15ClN4O. The Morgan fingerprint density at radius 1 is 0.962 bits per heavy atom. The van der Waals surface area contributed by atoms with Gasteiger partial charge in [0.25, 0.3) is 0 Å². The molecule has 0 atom stereocenters. The summed E-state index contributed by atoms with van der Waals surface area (Å²) in [6.07, 6.45) is 3.48. The van der Waals surface area contributed by atoms with Crippen LogP contribution in [0.5, 0.6) is 5.75 Å². The molecule has 3 aromatic rings. The largest absolute Gasteiger partial charge is 0.497 e. The molecule has 4 rings (SSSR count). The quantitative estimate of drug-likeness (QED) is 0.735. The number of amidine groups is 2. The number of hydrogen-bond acceptors (Lipinski definition) is 5. The maximum Gasteiger partial charge on any atom is 0.162 e. The first-order chi connectivity index (χ1) is 12.7. The monoisotopic (exact) mass is 362 g/mol. The van der Waals surface area contributed by atoms with Gasteiger partial charge in [0.2, 0.25) is 0 Å². The standard InChI is InChI=1S/C20H15ClN4O/c1-26-16-7-4-13(5-8-16)19-23-17-9-6-15(21)11-18(17)24-20(25-19)14-3-2-10-22-12-14/h2-12H,1H3,(H,23,24,25). The van der Waals surface area contributed by atoms with Crippen molar-refractivity contribution in [3.63, 3.8) is 0 Å². The second kappa shape index (κ2) is 6.98. The SMILES string of the molecule is COc1ccc(C2=Nc3ccc(Cl)cc3NC(c3cccnc3)=N2)cc1. The summed E-state index contributed by atoms with van der Waals surface area (Å²) in [6.45, 7) is 0. The van der Waals surface area contributed by atoms with Crippen LogP contribution in [0, 0.1) is 0 Å². The molecule has 2 heterocycles. The number of hydrogen-bond donors (Lipinski definition) is 1. The van der Waals surface area contributed by atoms with E-state index in [1.807, 2.05) is 54.6 Å². The van der Waals surface area contributed by atoms with Crippen LogP contribution in [0.25, 0.3) is 0 Å². The average Bonchev–Trinajstić information content (AvgIpc) is 2.88. The van der Waals surface area contributed by atoms with Crippen molar-refractivity contribution >= 4 is 34.6 Å². The summed E-state index contributed by atoms with van der Waals surface area (Å²) in [6, 6.07) is 17.0. The lowest BCUT2D eigenvalue weighted by Gasteiger charge is -2.09. The molecule has 0 fully saturated rings. The van der Waals surface area contributed by atoms with E-state index in [-0.39, 0.29) is 0 Å². The molecule has 2 aromatic carbocycles. The molecule has 0 unspecified atom stereocenters. The van der Waals surface area contributed by atoms with Crippen molar-refractivity contribution in [1.29, 1.82) is 0 Å². The first-order valence-corrected chi connectivity index (χ1v) is 8.39. The third-order valence-corrected chi connectivity index (χ3v) is 4.17. The molecule has 26 heavy (non-hydrogen) atoms. The highest BCUT2D eigenvalue weighted by molar-refractivity contribution is 6.31. The van der Waals surface area contributed by atoms with Gasteiger partial charge in [0, 0.05) is 28.5 Å². The molecule has 0 amide bonds. The second-order valence-corrected chi connectivity index (χ2v) is 6.09. The van der Waals surface area contributed by atoms with Crippen LogP contribution in [-0.2, 0) is 0 Å². The first-order valence-electron chi connectivity index (χ1n) is 8.02. The Morgan fingerprint density at radius 3 is 2.54 bits per heavy atom. The van der Waals surface area contributed by atoms with Crippen LogP contribution in [0.15, 0.2) is 77.0 Å². The van der Waals surface area contributed by atoms with Crippen LogP contribution >= 0.6 is 11.6 Å². The Hall–Kier alpha value is -3.18. The van der Waals surface area contributed by atoms with Gasteiger partial charge in [-0.25, -0.2) is 9.98 Å². The molecule has 0 aliphatic carbocycles. The zero-order valence-corrected chi connectivity index (χ0v) is 14.7. The average molecular weight is 363 g/mol. The van der Waals surface area contributed by atoms with Crippen molar-refractivity contribution < 1.29 is 4.74 Å². The highest BCUT2D eigenvalue weighted by Crippen LogP contribution is 2.31. The fourth-order valence-corrected chi connectivity index (χ4v) is 2.79. The van der Waals surface area contributed by atoms with Crippen LogP contribution in [0.3, 0.4) is 0 Å². The number of pyridine rings is 1. The number of anilines is 1. The van der Waals surface area contributed by atoms with Gasteiger partial charge in [-0.1, -0.05) is 11.6 Å². The zero-order chi connectivity index (χ0) is 17.9. The minimum atomic E-state index is 0.597. The molecule has 0 bridgehead atoms. The van der Waals surface area contributed by atoms with Crippen LogP contribution in [-0.4, -0.2) is 23.8 Å². The molecule has 6 heteroatoms. The summed E-state index contributed by atoms with van der Waals surface area (Å²) in [5.74, 6) is 2.04. The molecule has 0 saturated heterocycles. The fourth-order valence-electron chi connectivity index (χ4n) is 2.62. The van der Waals surface area contributed by atoms with E-state index in [1.54, 1.807) is 19.5 Å². The Morgan fingerprint density at radius 2 is 1.81 bits per heavy atom. The van der Waals surface area contributed by atoms with E-state index in [4.69, 9.17) is 26.3 Å². The normalized spacial score (nSPS) is 13.0. The van der Waals surface area contributed by atoms with E-state index in [9.17, 15) is 0 Å². The Kier molecular flexibility index (Phi) is 4.37. The van der Waals surface area contributed by atoms with Crippen molar-refractivity contribution in [2.75, 3.05) is 12.4 Å².